The summed E-state index contributed by atoms with van der Waals surface area (Å²) in [6.07, 6.45) is 3.34. The topological polar surface area (TPSA) is 82.5 Å². The number of anilines is 1. The number of aliphatic hydroxyl groups is 1. The molecule has 6 nitrogen and oxygen atoms in total. The van der Waals surface area contributed by atoms with Crippen molar-refractivity contribution in [3.05, 3.63) is 52.1 Å². The van der Waals surface area contributed by atoms with Gasteiger partial charge >= 0.3 is 0 Å². The van der Waals surface area contributed by atoms with Crippen LogP contribution in [0.4, 0.5) is 5.82 Å². The van der Waals surface area contributed by atoms with Gasteiger partial charge in [0, 0.05) is 35.9 Å². The van der Waals surface area contributed by atoms with E-state index in [0.717, 1.165) is 19.3 Å². The third-order valence-corrected chi connectivity index (χ3v) is 6.75. The van der Waals surface area contributed by atoms with E-state index in [-0.39, 0.29) is 11.4 Å². The second-order valence-corrected chi connectivity index (χ2v) is 9.25. The Bertz CT molecular complexity index is 865. The Labute approximate surface area is 169 Å². The van der Waals surface area contributed by atoms with E-state index in [0.29, 0.717) is 34.5 Å². The van der Waals surface area contributed by atoms with Crippen LogP contribution in [0.5, 0.6) is 0 Å². The van der Waals surface area contributed by atoms with Gasteiger partial charge in [-0.05, 0) is 48.7 Å². The van der Waals surface area contributed by atoms with E-state index in [9.17, 15) is 13.5 Å². The minimum atomic E-state index is -3.50. The van der Waals surface area contributed by atoms with Gasteiger partial charge in [0.05, 0.1) is 6.10 Å². The molecule has 1 aromatic heterocycles. The Kier molecular flexibility index (Phi) is 6.60. The summed E-state index contributed by atoms with van der Waals surface area (Å²) in [6.45, 7) is 1.29. The Balaban J connectivity index is 1.63. The number of benzene rings is 1. The fourth-order valence-electron chi connectivity index (χ4n) is 2.98. The molecule has 1 unspecified atom stereocenters. The lowest BCUT2D eigenvalue weighted by molar-refractivity contribution is 0.191. The largest absolute Gasteiger partial charge is 0.387 e. The summed E-state index contributed by atoms with van der Waals surface area (Å²) in [6, 6.07) is 8.00. The van der Waals surface area contributed by atoms with Crippen LogP contribution in [0.15, 0.2) is 41.4 Å². The van der Waals surface area contributed by atoms with Gasteiger partial charge in [-0.1, -0.05) is 29.6 Å². The number of pyridine rings is 1. The van der Waals surface area contributed by atoms with Crippen molar-refractivity contribution in [1.82, 2.24) is 9.29 Å². The molecule has 0 bridgehead atoms. The molecule has 1 atom stereocenters. The van der Waals surface area contributed by atoms with E-state index < -0.39 is 16.1 Å². The smallest absolute Gasteiger partial charge is 0.244 e. The molecule has 1 fully saturated rings. The standard InChI is InChI=1S/C18H21Cl2N3O3S/c19-14-8-13(9-15(20)10-14)17(24)12-22-18-5-4-16(11-21-18)27(25,26)23-6-2-1-3-7-23/h4-5,8-11,17,24H,1-3,6-7,12H2,(H,21,22). The Morgan fingerprint density at radius 3 is 2.37 bits per heavy atom. The fraction of sp³-hybridized carbons (Fsp3) is 0.389. The van der Waals surface area contributed by atoms with Crippen LogP contribution in [-0.4, -0.2) is 42.4 Å². The summed E-state index contributed by atoms with van der Waals surface area (Å²) < 4.78 is 26.7. The van der Waals surface area contributed by atoms with Crippen LogP contribution < -0.4 is 5.32 Å². The van der Waals surface area contributed by atoms with E-state index in [1.807, 2.05) is 0 Å². The zero-order chi connectivity index (χ0) is 19.4. The molecule has 3 rings (SSSR count). The van der Waals surface area contributed by atoms with Crippen LogP contribution in [-0.2, 0) is 10.0 Å². The second kappa shape index (κ2) is 8.75. The van der Waals surface area contributed by atoms with Crippen LogP contribution >= 0.6 is 23.2 Å². The van der Waals surface area contributed by atoms with Crippen LogP contribution in [0, 0.1) is 0 Å². The first-order valence-corrected chi connectivity index (χ1v) is 10.9. The maximum atomic E-state index is 12.6. The molecule has 2 aromatic rings. The molecular formula is C18H21Cl2N3O3S. The number of nitrogens with one attached hydrogen (secondary N) is 1. The predicted molar refractivity (Wildman–Crippen MR) is 107 cm³/mol. The lowest BCUT2D eigenvalue weighted by Gasteiger charge is -2.25. The molecular weight excluding hydrogens is 409 g/mol. The summed E-state index contributed by atoms with van der Waals surface area (Å²) in [4.78, 5) is 4.34. The van der Waals surface area contributed by atoms with Crippen molar-refractivity contribution < 1.29 is 13.5 Å². The first-order valence-electron chi connectivity index (χ1n) is 8.70. The first-order chi connectivity index (χ1) is 12.9. The van der Waals surface area contributed by atoms with Gasteiger partial charge in [-0.3, -0.25) is 0 Å². The highest BCUT2D eigenvalue weighted by molar-refractivity contribution is 7.89. The third-order valence-electron chi connectivity index (χ3n) is 4.44. The second-order valence-electron chi connectivity index (χ2n) is 6.44. The normalized spacial score (nSPS) is 16.9. The van der Waals surface area contributed by atoms with Crippen molar-refractivity contribution in [2.75, 3.05) is 25.0 Å². The maximum Gasteiger partial charge on any atom is 0.244 e. The number of sulfonamides is 1. The number of piperidine rings is 1. The van der Waals surface area contributed by atoms with E-state index >= 15 is 0 Å². The summed E-state index contributed by atoms with van der Waals surface area (Å²) in [5.41, 5.74) is 0.587. The van der Waals surface area contributed by atoms with Crippen molar-refractivity contribution in [3.63, 3.8) is 0 Å². The van der Waals surface area contributed by atoms with Crippen LogP contribution in [0.1, 0.15) is 30.9 Å². The molecule has 0 saturated carbocycles. The molecule has 1 aliphatic heterocycles. The van der Waals surface area contributed by atoms with Gasteiger partial charge in [-0.15, -0.1) is 0 Å². The van der Waals surface area contributed by atoms with Gasteiger partial charge in [0.25, 0.3) is 0 Å². The number of nitrogens with zero attached hydrogens (tertiary/aromatic N) is 2. The van der Waals surface area contributed by atoms with E-state index in [4.69, 9.17) is 23.2 Å². The van der Waals surface area contributed by atoms with Crippen LogP contribution in [0.2, 0.25) is 10.0 Å². The highest BCUT2D eigenvalue weighted by Crippen LogP contribution is 2.24. The van der Waals surface area contributed by atoms with Crippen LogP contribution in [0.25, 0.3) is 0 Å². The summed E-state index contributed by atoms with van der Waals surface area (Å²) in [7, 11) is -3.50. The van der Waals surface area contributed by atoms with E-state index in [1.165, 1.54) is 16.6 Å². The molecule has 0 amide bonds. The number of aliphatic hydroxyl groups excluding tert-OH is 1. The molecule has 1 aliphatic rings. The zero-order valence-corrected chi connectivity index (χ0v) is 16.9. The molecule has 2 heterocycles. The molecule has 0 radical (unpaired) electrons. The van der Waals surface area contributed by atoms with Gasteiger partial charge in [0.2, 0.25) is 10.0 Å². The average molecular weight is 430 g/mol. The number of hydrogen-bond donors (Lipinski definition) is 2. The summed E-state index contributed by atoms with van der Waals surface area (Å²) >= 11 is 11.9. The van der Waals surface area contributed by atoms with Gasteiger partial charge in [-0.2, -0.15) is 4.31 Å². The number of hydrogen-bond acceptors (Lipinski definition) is 5. The van der Waals surface area contributed by atoms with Gasteiger partial charge in [0.1, 0.15) is 10.7 Å². The molecule has 2 N–H and O–H groups in total. The van der Waals surface area contributed by atoms with Crippen LogP contribution in [0.3, 0.4) is 0 Å². The Morgan fingerprint density at radius 2 is 1.78 bits per heavy atom. The third kappa shape index (κ3) is 5.12. The summed E-state index contributed by atoms with van der Waals surface area (Å²) in [5.74, 6) is 0.472. The number of rotatable bonds is 6. The lowest BCUT2D eigenvalue weighted by atomic mass is 10.1. The maximum absolute atomic E-state index is 12.6. The highest BCUT2D eigenvalue weighted by Gasteiger charge is 2.26. The molecule has 9 heteroatoms. The molecule has 1 aromatic carbocycles. The lowest BCUT2D eigenvalue weighted by Crippen LogP contribution is -2.35. The van der Waals surface area contributed by atoms with E-state index in [1.54, 1.807) is 24.3 Å². The monoisotopic (exact) mass is 429 g/mol. The quantitative estimate of drug-likeness (QED) is 0.730. The van der Waals surface area contributed by atoms with Gasteiger partial charge in [0.15, 0.2) is 0 Å². The molecule has 0 aliphatic carbocycles. The van der Waals surface area contributed by atoms with Crippen molar-refractivity contribution in [2.24, 2.45) is 0 Å². The zero-order valence-electron chi connectivity index (χ0n) is 14.6. The fourth-order valence-corrected chi connectivity index (χ4v) is 4.98. The minimum absolute atomic E-state index is 0.178. The summed E-state index contributed by atoms with van der Waals surface area (Å²) in [5, 5.41) is 14.2. The van der Waals surface area contributed by atoms with Crippen molar-refractivity contribution >= 4 is 39.0 Å². The predicted octanol–water partition coefficient (Wildman–Crippen LogP) is 3.71. The SMILES string of the molecule is O=S(=O)(c1ccc(NCC(O)c2cc(Cl)cc(Cl)c2)nc1)N1CCCCC1. The number of aromatic nitrogens is 1. The average Bonchev–Trinajstić information content (AvgIpc) is 2.66. The highest BCUT2D eigenvalue weighted by atomic mass is 35.5. The van der Waals surface area contributed by atoms with Gasteiger partial charge < -0.3 is 10.4 Å². The van der Waals surface area contributed by atoms with Crippen molar-refractivity contribution in [2.45, 2.75) is 30.3 Å². The van der Waals surface area contributed by atoms with Crippen molar-refractivity contribution in [3.8, 4) is 0 Å². The minimum Gasteiger partial charge on any atom is -0.387 e. The Hall–Kier alpha value is -1.38. The molecule has 0 spiro atoms. The first kappa shape index (κ1) is 20.4. The molecule has 1 saturated heterocycles. The van der Waals surface area contributed by atoms with E-state index in [2.05, 4.69) is 10.3 Å². The van der Waals surface area contributed by atoms with Crippen molar-refractivity contribution in [1.29, 1.82) is 0 Å². The van der Waals surface area contributed by atoms with Gasteiger partial charge in [-0.25, -0.2) is 13.4 Å². The molecule has 146 valence electrons. The molecule has 27 heavy (non-hydrogen) atoms. The Morgan fingerprint density at radius 1 is 1.11 bits per heavy atom. The number of halogens is 2.